The van der Waals surface area contributed by atoms with E-state index in [-0.39, 0.29) is 25.0 Å². The van der Waals surface area contributed by atoms with Gasteiger partial charge in [0, 0.05) is 11.6 Å². The molecule has 7 heteroatoms. The zero-order chi connectivity index (χ0) is 24.6. The number of anilines is 1. The third-order valence-corrected chi connectivity index (χ3v) is 6.28. The van der Waals surface area contributed by atoms with Crippen LogP contribution in [0.25, 0.3) is 11.1 Å². The number of benzene rings is 3. The minimum Gasteiger partial charge on any atom is -0.449 e. The van der Waals surface area contributed by atoms with Gasteiger partial charge in [-0.2, -0.15) is 0 Å². The predicted molar refractivity (Wildman–Crippen MR) is 136 cm³/mol. The van der Waals surface area contributed by atoms with Crippen molar-refractivity contribution in [2.24, 2.45) is 0 Å². The van der Waals surface area contributed by atoms with E-state index in [0.29, 0.717) is 18.5 Å². The standard InChI is InChI=1S/C28H31N3O4/c1-29-16-6-11-26(27(33)30-20-14-12-19(17-32)13-15-20)31-28(34)35-18-25-23-9-4-2-7-21(23)22-8-3-5-10-24(22)25/h2-5,7-10,12-15,25-26,29,32H,6,11,16-18H2,1H3,(H,30,33)(H,31,34)/t26-/m0/s1. The lowest BCUT2D eigenvalue weighted by Crippen LogP contribution is -2.44. The average molecular weight is 474 g/mol. The Morgan fingerprint density at radius 2 is 1.57 bits per heavy atom. The van der Waals surface area contributed by atoms with Crippen LogP contribution in [0.2, 0.25) is 0 Å². The summed E-state index contributed by atoms with van der Waals surface area (Å²) in [7, 11) is 1.84. The van der Waals surface area contributed by atoms with Crippen molar-refractivity contribution in [1.29, 1.82) is 0 Å². The van der Waals surface area contributed by atoms with Gasteiger partial charge in [0.25, 0.3) is 0 Å². The Morgan fingerprint density at radius 1 is 0.943 bits per heavy atom. The van der Waals surface area contributed by atoms with E-state index >= 15 is 0 Å². The van der Waals surface area contributed by atoms with Gasteiger partial charge in [-0.1, -0.05) is 60.7 Å². The maximum atomic E-state index is 12.9. The van der Waals surface area contributed by atoms with Gasteiger partial charge in [0.15, 0.2) is 0 Å². The molecule has 0 bridgehead atoms. The van der Waals surface area contributed by atoms with Gasteiger partial charge in [-0.05, 0) is 66.4 Å². The van der Waals surface area contributed by atoms with Gasteiger partial charge < -0.3 is 25.8 Å². The van der Waals surface area contributed by atoms with Crippen molar-refractivity contribution in [1.82, 2.24) is 10.6 Å². The fraction of sp³-hybridized carbons (Fsp3) is 0.286. The summed E-state index contributed by atoms with van der Waals surface area (Å²) in [4.78, 5) is 25.7. The van der Waals surface area contributed by atoms with Crippen LogP contribution in [-0.4, -0.2) is 43.3 Å². The minimum absolute atomic E-state index is 0.0465. The highest BCUT2D eigenvalue weighted by atomic mass is 16.5. The molecule has 35 heavy (non-hydrogen) atoms. The monoisotopic (exact) mass is 473 g/mol. The number of nitrogens with one attached hydrogen (secondary N) is 3. The molecule has 0 spiro atoms. The zero-order valence-electron chi connectivity index (χ0n) is 19.8. The Bertz CT molecular complexity index is 1120. The normalized spacial score (nSPS) is 13.0. The van der Waals surface area contributed by atoms with Gasteiger partial charge >= 0.3 is 6.09 Å². The van der Waals surface area contributed by atoms with Gasteiger partial charge in [-0.15, -0.1) is 0 Å². The summed E-state index contributed by atoms with van der Waals surface area (Å²) in [5, 5.41) is 17.8. The van der Waals surface area contributed by atoms with Crippen LogP contribution in [0.4, 0.5) is 10.5 Å². The topological polar surface area (TPSA) is 99.7 Å². The molecule has 0 radical (unpaired) electrons. The molecule has 1 atom stereocenters. The highest BCUT2D eigenvalue weighted by Crippen LogP contribution is 2.44. The quantitative estimate of drug-likeness (QED) is 0.333. The van der Waals surface area contributed by atoms with E-state index in [0.717, 1.165) is 34.4 Å². The van der Waals surface area contributed by atoms with Crippen LogP contribution in [0.5, 0.6) is 0 Å². The first-order valence-electron chi connectivity index (χ1n) is 11.9. The number of rotatable bonds is 10. The third-order valence-electron chi connectivity index (χ3n) is 6.28. The molecule has 182 valence electrons. The SMILES string of the molecule is CNCCC[C@H](NC(=O)OCC1c2ccccc2-c2ccccc21)C(=O)Nc1ccc(CO)cc1. The van der Waals surface area contributed by atoms with E-state index in [2.05, 4.69) is 40.2 Å². The van der Waals surface area contributed by atoms with Gasteiger partial charge in [0.05, 0.1) is 6.61 Å². The molecule has 0 saturated carbocycles. The van der Waals surface area contributed by atoms with E-state index in [4.69, 9.17) is 4.74 Å². The summed E-state index contributed by atoms with van der Waals surface area (Å²) in [6, 6.07) is 22.5. The van der Waals surface area contributed by atoms with Crippen molar-refractivity contribution in [3.8, 4) is 11.1 Å². The second kappa shape index (κ2) is 11.6. The van der Waals surface area contributed by atoms with Gasteiger partial charge in [0.2, 0.25) is 5.91 Å². The molecule has 0 unspecified atom stereocenters. The van der Waals surface area contributed by atoms with E-state index in [1.165, 1.54) is 0 Å². The molecular formula is C28H31N3O4. The summed E-state index contributed by atoms with van der Waals surface area (Å²) in [5.41, 5.74) is 5.94. The van der Waals surface area contributed by atoms with Crippen molar-refractivity contribution in [2.75, 3.05) is 25.5 Å². The number of carbonyl (C=O) groups is 2. The van der Waals surface area contributed by atoms with Gasteiger partial charge in [0.1, 0.15) is 12.6 Å². The number of hydrogen-bond acceptors (Lipinski definition) is 5. The van der Waals surface area contributed by atoms with E-state index in [1.807, 2.05) is 31.3 Å². The van der Waals surface area contributed by atoms with Crippen LogP contribution >= 0.6 is 0 Å². The first-order valence-corrected chi connectivity index (χ1v) is 11.9. The number of amides is 2. The zero-order valence-corrected chi connectivity index (χ0v) is 19.8. The molecule has 3 aromatic rings. The van der Waals surface area contributed by atoms with Crippen LogP contribution < -0.4 is 16.0 Å². The Balaban J connectivity index is 1.40. The van der Waals surface area contributed by atoms with Gasteiger partial charge in [-0.3, -0.25) is 4.79 Å². The Hall–Kier alpha value is -3.68. The summed E-state index contributed by atoms with van der Waals surface area (Å²) in [6.07, 6.45) is 0.555. The highest BCUT2D eigenvalue weighted by Gasteiger charge is 2.29. The number of ether oxygens (including phenoxy) is 1. The summed E-state index contributed by atoms with van der Waals surface area (Å²) < 4.78 is 5.63. The molecule has 4 N–H and O–H groups in total. The molecule has 1 aliphatic rings. The first-order chi connectivity index (χ1) is 17.1. The van der Waals surface area contributed by atoms with E-state index in [1.54, 1.807) is 24.3 Å². The maximum Gasteiger partial charge on any atom is 0.407 e. The van der Waals surface area contributed by atoms with Crippen molar-refractivity contribution in [2.45, 2.75) is 31.4 Å². The fourth-order valence-electron chi connectivity index (χ4n) is 4.46. The molecule has 0 aliphatic heterocycles. The predicted octanol–water partition coefficient (Wildman–Crippen LogP) is 4.02. The highest BCUT2D eigenvalue weighted by molar-refractivity contribution is 5.96. The molecule has 0 saturated heterocycles. The lowest BCUT2D eigenvalue weighted by molar-refractivity contribution is -0.118. The summed E-state index contributed by atoms with van der Waals surface area (Å²) >= 11 is 0. The summed E-state index contributed by atoms with van der Waals surface area (Å²) in [6.45, 7) is 0.846. The van der Waals surface area contributed by atoms with Crippen LogP contribution in [0.3, 0.4) is 0 Å². The van der Waals surface area contributed by atoms with Crippen LogP contribution in [-0.2, 0) is 16.1 Å². The van der Waals surface area contributed by atoms with Crippen LogP contribution in [0.1, 0.15) is 35.4 Å². The minimum atomic E-state index is -0.739. The lowest BCUT2D eigenvalue weighted by Gasteiger charge is -2.20. The number of hydrogen-bond donors (Lipinski definition) is 4. The number of carbonyl (C=O) groups excluding carboxylic acids is 2. The molecule has 1 aliphatic carbocycles. The molecule has 0 fully saturated rings. The smallest absolute Gasteiger partial charge is 0.407 e. The van der Waals surface area contributed by atoms with Gasteiger partial charge in [-0.25, -0.2) is 4.79 Å². The number of alkyl carbamates (subject to hydrolysis) is 1. The van der Waals surface area contributed by atoms with Crippen molar-refractivity contribution >= 4 is 17.7 Å². The summed E-state index contributed by atoms with van der Waals surface area (Å²) in [5.74, 6) is -0.360. The largest absolute Gasteiger partial charge is 0.449 e. The van der Waals surface area contributed by atoms with Crippen LogP contribution in [0.15, 0.2) is 72.8 Å². The number of aliphatic hydroxyl groups excluding tert-OH is 1. The fourth-order valence-corrected chi connectivity index (χ4v) is 4.46. The molecule has 0 aromatic heterocycles. The lowest BCUT2D eigenvalue weighted by atomic mass is 9.98. The number of aliphatic hydroxyl groups is 1. The third kappa shape index (κ3) is 5.88. The molecular weight excluding hydrogens is 442 g/mol. The van der Waals surface area contributed by atoms with Crippen LogP contribution in [0, 0.1) is 0 Å². The van der Waals surface area contributed by atoms with Crippen molar-refractivity contribution in [3.63, 3.8) is 0 Å². The Labute approximate surface area is 205 Å². The molecule has 3 aromatic carbocycles. The molecule has 4 rings (SSSR count). The Morgan fingerprint density at radius 3 is 2.17 bits per heavy atom. The van der Waals surface area contributed by atoms with E-state index < -0.39 is 12.1 Å². The molecule has 7 nitrogen and oxygen atoms in total. The molecule has 2 amide bonds. The van der Waals surface area contributed by atoms with Crippen molar-refractivity contribution < 1.29 is 19.4 Å². The average Bonchev–Trinajstić information content (AvgIpc) is 3.21. The van der Waals surface area contributed by atoms with Crippen molar-refractivity contribution in [3.05, 3.63) is 89.5 Å². The second-order valence-corrected chi connectivity index (χ2v) is 8.61. The first kappa shape index (κ1) is 24.4. The van der Waals surface area contributed by atoms with E-state index in [9.17, 15) is 14.7 Å². The second-order valence-electron chi connectivity index (χ2n) is 8.61. The maximum absolute atomic E-state index is 12.9. The molecule has 0 heterocycles. The Kier molecular flexibility index (Phi) is 8.13. The number of fused-ring (bicyclic) bond motifs is 3.